The first-order chi connectivity index (χ1) is 12.1. The molecule has 136 valence electrons. The van der Waals surface area contributed by atoms with Crippen LogP contribution in [-0.4, -0.2) is 66.0 Å². The summed E-state index contributed by atoms with van der Waals surface area (Å²) in [6.45, 7) is 1.66. The van der Waals surface area contributed by atoms with Crippen molar-refractivity contribution in [1.82, 2.24) is 25.3 Å². The van der Waals surface area contributed by atoms with E-state index >= 15 is 0 Å². The van der Waals surface area contributed by atoms with Crippen molar-refractivity contribution in [2.75, 3.05) is 38.8 Å². The van der Waals surface area contributed by atoms with Crippen LogP contribution in [0.1, 0.15) is 12.8 Å². The van der Waals surface area contributed by atoms with E-state index in [0.29, 0.717) is 24.6 Å². The number of aromatic nitrogens is 4. The number of aromatic amines is 1. The van der Waals surface area contributed by atoms with Gasteiger partial charge in [-0.1, -0.05) is 0 Å². The van der Waals surface area contributed by atoms with Crippen LogP contribution in [0.15, 0.2) is 6.33 Å². The maximum absolute atomic E-state index is 12.5. The first kappa shape index (κ1) is 17.8. The van der Waals surface area contributed by atoms with Gasteiger partial charge in [0.1, 0.15) is 5.52 Å². The molecule has 1 fully saturated rings. The van der Waals surface area contributed by atoms with Gasteiger partial charge in [0.15, 0.2) is 17.8 Å². The number of anilines is 1. The van der Waals surface area contributed by atoms with Crippen LogP contribution in [0, 0.1) is 5.92 Å². The van der Waals surface area contributed by atoms with Crippen LogP contribution in [0.3, 0.4) is 0 Å². The summed E-state index contributed by atoms with van der Waals surface area (Å²) in [6.07, 6.45) is 2.81. The Morgan fingerprint density at radius 3 is 3.04 bits per heavy atom. The van der Waals surface area contributed by atoms with E-state index < -0.39 is 6.29 Å². The second kappa shape index (κ2) is 7.94. The van der Waals surface area contributed by atoms with Gasteiger partial charge in [-0.3, -0.25) is 4.79 Å². The van der Waals surface area contributed by atoms with Crippen LogP contribution in [0.4, 0.5) is 5.82 Å². The smallest absolute Gasteiger partial charge is 0.226 e. The number of imidazole rings is 1. The molecule has 0 saturated carbocycles. The van der Waals surface area contributed by atoms with Gasteiger partial charge >= 0.3 is 0 Å². The molecular weight excluding hydrogens is 348 g/mol. The number of carbonyl (C=O) groups excluding carboxylic acids is 1. The lowest BCUT2D eigenvalue weighted by atomic mass is 9.97. The third-order valence-electron chi connectivity index (χ3n) is 4.30. The molecule has 1 atom stereocenters. The van der Waals surface area contributed by atoms with Gasteiger partial charge < -0.3 is 24.7 Å². The zero-order valence-corrected chi connectivity index (χ0v) is 14.9. The third kappa shape index (κ3) is 4.00. The predicted octanol–water partition coefficient (Wildman–Crippen LogP) is 0.958. The van der Waals surface area contributed by atoms with Crippen LogP contribution >= 0.6 is 11.6 Å². The molecule has 2 aromatic rings. The van der Waals surface area contributed by atoms with E-state index in [4.69, 9.17) is 21.1 Å². The van der Waals surface area contributed by atoms with Crippen LogP contribution in [0.25, 0.3) is 11.2 Å². The van der Waals surface area contributed by atoms with Crippen molar-refractivity contribution < 1.29 is 14.3 Å². The zero-order valence-electron chi connectivity index (χ0n) is 14.2. The molecule has 0 spiro atoms. The summed E-state index contributed by atoms with van der Waals surface area (Å²) in [6, 6.07) is 0. The quantitative estimate of drug-likeness (QED) is 0.577. The van der Waals surface area contributed by atoms with Gasteiger partial charge in [0, 0.05) is 27.3 Å². The fourth-order valence-electron chi connectivity index (χ4n) is 3.00. The maximum atomic E-state index is 12.5. The second-order valence-electron chi connectivity index (χ2n) is 5.85. The number of nitrogens with zero attached hydrogens (tertiary/aromatic N) is 4. The number of carbonyl (C=O) groups is 1. The second-order valence-corrected chi connectivity index (χ2v) is 6.19. The van der Waals surface area contributed by atoms with E-state index in [1.807, 2.05) is 4.90 Å². The van der Waals surface area contributed by atoms with E-state index in [1.165, 1.54) is 14.2 Å². The lowest BCUT2D eigenvalue weighted by Crippen LogP contribution is -2.45. The molecule has 1 aliphatic rings. The van der Waals surface area contributed by atoms with Crippen LogP contribution in [0.2, 0.25) is 5.28 Å². The fourth-order valence-corrected chi connectivity index (χ4v) is 3.16. The number of hydrogen-bond donors (Lipinski definition) is 2. The SMILES string of the molecule is COC(CNC(=O)[C@@H]1CCCN(c2nc(Cl)nc3nc[nH]c23)C1)OC. The number of piperidine rings is 1. The monoisotopic (exact) mass is 368 g/mol. The summed E-state index contributed by atoms with van der Waals surface area (Å²) in [5.41, 5.74) is 1.24. The summed E-state index contributed by atoms with van der Waals surface area (Å²) < 4.78 is 10.2. The van der Waals surface area contributed by atoms with E-state index in [0.717, 1.165) is 24.9 Å². The number of halogens is 1. The van der Waals surface area contributed by atoms with Crippen LogP contribution in [-0.2, 0) is 14.3 Å². The Labute approximate surface area is 150 Å². The molecule has 0 aliphatic carbocycles. The van der Waals surface area contributed by atoms with Crippen molar-refractivity contribution in [1.29, 1.82) is 0 Å². The molecule has 0 radical (unpaired) electrons. The van der Waals surface area contributed by atoms with E-state index in [9.17, 15) is 4.79 Å². The van der Waals surface area contributed by atoms with Gasteiger partial charge in [-0.25, -0.2) is 4.98 Å². The zero-order chi connectivity index (χ0) is 17.8. The number of amides is 1. The Balaban J connectivity index is 1.70. The number of H-pyrrole nitrogens is 1. The molecule has 10 heteroatoms. The lowest BCUT2D eigenvalue weighted by Gasteiger charge is -2.33. The number of ether oxygens (including phenoxy) is 2. The number of fused-ring (bicyclic) bond motifs is 1. The molecule has 3 rings (SSSR count). The molecule has 9 nitrogen and oxygen atoms in total. The number of hydrogen-bond acceptors (Lipinski definition) is 7. The molecule has 3 heterocycles. The van der Waals surface area contributed by atoms with Gasteiger partial charge in [0.05, 0.1) is 18.8 Å². The van der Waals surface area contributed by atoms with Crippen molar-refractivity contribution in [3.8, 4) is 0 Å². The summed E-state index contributed by atoms with van der Waals surface area (Å²) >= 11 is 6.01. The van der Waals surface area contributed by atoms with Crippen LogP contribution < -0.4 is 10.2 Å². The van der Waals surface area contributed by atoms with Crippen molar-refractivity contribution >= 4 is 34.5 Å². The summed E-state index contributed by atoms with van der Waals surface area (Å²) in [4.78, 5) is 30.1. The number of nitrogens with one attached hydrogen (secondary N) is 2. The Hall–Kier alpha value is -1.97. The Morgan fingerprint density at radius 2 is 2.28 bits per heavy atom. The van der Waals surface area contributed by atoms with E-state index in [2.05, 4.69) is 25.3 Å². The Kier molecular flexibility index (Phi) is 5.67. The van der Waals surface area contributed by atoms with Gasteiger partial charge in [0.25, 0.3) is 0 Å². The summed E-state index contributed by atoms with van der Waals surface area (Å²) in [5.74, 6) is 0.510. The van der Waals surface area contributed by atoms with Crippen LogP contribution in [0.5, 0.6) is 0 Å². The lowest BCUT2D eigenvalue weighted by molar-refractivity contribution is -0.131. The molecule has 1 amide bonds. The standard InChI is InChI=1S/C15H21ClN6O3/c1-24-10(25-2)6-17-14(23)9-4-3-5-22(7-9)13-11-12(19-8-18-11)20-15(16)21-13/h8-10H,3-7H2,1-2H3,(H,17,23)(H,18,19,20,21)/t9-/m1/s1. The van der Waals surface area contributed by atoms with Gasteiger partial charge in [0.2, 0.25) is 11.2 Å². The Morgan fingerprint density at radius 1 is 1.48 bits per heavy atom. The molecule has 25 heavy (non-hydrogen) atoms. The largest absolute Gasteiger partial charge is 0.354 e. The fraction of sp³-hybridized carbons (Fsp3) is 0.600. The Bertz CT molecular complexity index is 735. The highest BCUT2D eigenvalue weighted by Crippen LogP contribution is 2.27. The minimum atomic E-state index is -0.450. The van der Waals surface area contributed by atoms with Crippen molar-refractivity contribution in [3.63, 3.8) is 0 Å². The van der Waals surface area contributed by atoms with Crippen molar-refractivity contribution in [3.05, 3.63) is 11.6 Å². The maximum Gasteiger partial charge on any atom is 0.226 e. The normalized spacial score (nSPS) is 18.1. The predicted molar refractivity (Wildman–Crippen MR) is 92.4 cm³/mol. The molecule has 0 aromatic carbocycles. The summed E-state index contributed by atoms with van der Waals surface area (Å²) in [7, 11) is 3.08. The van der Waals surface area contributed by atoms with E-state index in [-0.39, 0.29) is 17.1 Å². The van der Waals surface area contributed by atoms with Gasteiger partial charge in [-0.15, -0.1) is 0 Å². The molecule has 1 aliphatic heterocycles. The number of rotatable bonds is 6. The highest BCUT2D eigenvalue weighted by atomic mass is 35.5. The first-order valence-corrected chi connectivity index (χ1v) is 8.45. The molecule has 0 bridgehead atoms. The average Bonchev–Trinajstić information content (AvgIpc) is 3.10. The minimum Gasteiger partial charge on any atom is -0.354 e. The van der Waals surface area contributed by atoms with Gasteiger partial charge in [-0.05, 0) is 24.4 Å². The van der Waals surface area contributed by atoms with Gasteiger partial charge in [-0.2, -0.15) is 9.97 Å². The first-order valence-electron chi connectivity index (χ1n) is 8.07. The molecule has 0 unspecified atom stereocenters. The highest BCUT2D eigenvalue weighted by molar-refractivity contribution is 6.28. The highest BCUT2D eigenvalue weighted by Gasteiger charge is 2.28. The average molecular weight is 369 g/mol. The molecule has 1 saturated heterocycles. The summed E-state index contributed by atoms with van der Waals surface area (Å²) in [5, 5.41) is 3.02. The molecular formula is C15H21ClN6O3. The number of methoxy groups -OCH3 is 2. The van der Waals surface area contributed by atoms with E-state index in [1.54, 1.807) is 6.33 Å². The minimum absolute atomic E-state index is 0.0233. The van der Waals surface area contributed by atoms with Crippen molar-refractivity contribution in [2.45, 2.75) is 19.1 Å². The molecule has 2 N–H and O–H groups in total. The molecule has 2 aromatic heterocycles. The van der Waals surface area contributed by atoms with Crippen molar-refractivity contribution in [2.24, 2.45) is 5.92 Å². The topological polar surface area (TPSA) is 105 Å². The third-order valence-corrected chi connectivity index (χ3v) is 4.47.